The highest BCUT2D eigenvalue weighted by atomic mass is 19.4. The molecule has 0 saturated heterocycles. The number of benzene rings is 1. The highest BCUT2D eigenvalue weighted by Gasteiger charge is 2.32. The Bertz CT molecular complexity index is 1040. The van der Waals surface area contributed by atoms with Crippen LogP contribution in [0.2, 0.25) is 0 Å². The number of hydrogen-bond acceptors (Lipinski definition) is 3. The van der Waals surface area contributed by atoms with Gasteiger partial charge in [-0.05, 0) is 74.8 Å². The van der Waals surface area contributed by atoms with E-state index in [9.17, 15) is 32.3 Å². The van der Waals surface area contributed by atoms with Gasteiger partial charge in [0.15, 0.2) is 0 Å². The van der Waals surface area contributed by atoms with Gasteiger partial charge in [0.2, 0.25) is 0 Å². The number of pyridine rings is 1. The second-order valence-electron chi connectivity index (χ2n) is 9.01. The lowest BCUT2D eigenvalue weighted by molar-refractivity contribution is -0.139. The normalized spacial score (nSPS) is 14.3. The van der Waals surface area contributed by atoms with Gasteiger partial charge in [0.05, 0.1) is 5.56 Å². The minimum Gasteiger partial charge on any atom is -0.480 e. The molecule has 190 valence electrons. The van der Waals surface area contributed by atoms with Gasteiger partial charge >= 0.3 is 12.1 Å². The van der Waals surface area contributed by atoms with E-state index in [-0.39, 0.29) is 12.5 Å². The SMILES string of the molecule is O=C(N[C@H](CCCCCCCc1ccc2c(n1)CCCC2)C(=O)O)c1cc(F)cc(C(F)(F)F)c1. The van der Waals surface area contributed by atoms with Crippen LogP contribution in [0.15, 0.2) is 30.3 Å². The molecule has 1 aromatic carbocycles. The van der Waals surface area contributed by atoms with Gasteiger partial charge in [-0.15, -0.1) is 0 Å². The zero-order valence-corrected chi connectivity index (χ0v) is 19.5. The number of unbranched alkanes of at least 4 members (excludes halogenated alkanes) is 4. The van der Waals surface area contributed by atoms with Crippen LogP contribution in [0.25, 0.3) is 0 Å². The molecule has 1 heterocycles. The van der Waals surface area contributed by atoms with Crippen molar-refractivity contribution in [3.05, 3.63) is 64.2 Å². The number of aryl methyl sites for hydroxylation is 3. The van der Waals surface area contributed by atoms with E-state index >= 15 is 0 Å². The lowest BCUT2D eigenvalue weighted by Gasteiger charge is -2.16. The molecule has 0 saturated carbocycles. The molecule has 35 heavy (non-hydrogen) atoms. The van der Waals surface area contributed by atoms with E-state index in [0.717, 1.165) is 50.6 Å². The molecule has 0 aliphatic heterocycles. The fourth-order valence-electron chi connectivity index (χ4n) is 4.33. The highest BCUT2D eigenvalue weighted by Crippen LogP contribution is 2.30. The van der Waals surface area contributed by atoms with Crippen LogP contribution in [0.5, 0.6) is 0 Å². The monoisotopic (exact) mass is 494 g/mol. The van der Waals surface area contributed by atoms with E-state index in [0.29, 0.717) is 18.6 Å². The third-order valence-electron chi connectivity index (χ3n) is 6.25. The molecule has 1 aliphatic rings. The maximum absolute atomic E-state index is 13.5. The number of nitrogens with zero attached hydrogens (tertiary/aromatic N) is 1. The molecule has 0 spiro atoms. The number of carboxylic acid groups (broad SMARTS) is 1. The molecule has 0 bridgehead atoms. The second-order valence-corrected chi connectivity index (χ2v) is 9.01. The molecule has 0 radical (unpaired) electrons. The maximum atomic E-state index is 13.5. The van der Waals surface area contributed by atoms with Crippen LogP contribution in [0.1, 0.15) is 84.2 Å². The summed E-state index contributed by atoms with van der Waals surface area (Å²) in [5, 5.41) is 11.6. The van der Waals surface area contributed by atoms with Crippen LogP contribution in [0, 0.1) is 5.82 Å². The Labute approximate surface area is 202 Å². The van der Waals surface area contributed by atoms with Crippen molar-refractivity contribution in [2.24, 2.45) is 0 Å². The largest absolute Gasteiger partial charge is 0.480 e. The van der Waals surface area contributed by atoms with E-state index in [1.165, 1.54) is 24.1 Å². The quantitative estimate of drug-likeness (QED) is 0.302. The first kappa shape index (κ1) is 26.6. The Kier molecular flexibility index (Phi) is 9.23. The van der Waals surface area contributed by atoms with Gasteiger partial charge in [-0.2, -0.15) is 13.2 Å². The van der Waals surface area contributed by atoms with Crippen LogP contribution in [-0.4, -0.2) is 28.0 Å². The summed E-state index contributed by atoms with van der Waals surface area (Å²) in [7, 11) is 0. The minimum atomic E-state index is -4.82. The fourth-order valence-corrected chi connectivity index (χ4v) is 4.33. The highest BCUT2D eigenvalue weighted by molar-refractivity contribution is 5.96. The zero-order chi connectivity index (χ0) is 25.4. The Morgan fingerprint density at radius 3 is 2.46 bits per heavy atom. The predicted octanol–water partition coefficient (Wildman–Crippen LogP) is 5.88. The predicted molar refractivity (Wildman–Crippen MR) is 123 cm³/mol. The number of aliphatic carboxylic acids is 1. The summed E-state index contributed by atoms with van der Waals surface area (Å²) in [6.45, 7) is 0. The molecule has 1 aromatic heterocycles. The lowest BCUT2D eigenvalue weighted by Crippen LogP contribution is -2.40. The first-order valence-corrected chi connectivity index (χ1v) is 12.0. The molecule has 0 unspecified atom stereocenters. The number of carbonyl (C=O) groups excluding carboxylic acids is 1. The third-order valence-corrected chi connectivity index (χ3v) is 6.25. The molecule has 3 rings (SSSR count). The Morgan fingerprint density at radius 1 is 1.00 bits per heavy atom. The van der Waals surface area contributed by atoms with Crippen LogP contribution in [0.3, 0.4) is 0 Å². The summed E-state index contributed by atoms with van der Waals surface area (Å²) in [6, 6.07) is 4.47. The van der Waals surface area contributed by atoms with Crippen molar-refractivity contribution < 1.29 is 32.3 Å². The average molecular weight is 495 g/mol. The smallest absolute Gasteiger partial charge is 0.416 e. The number of alkyl halides is 3. The van der Waals surface area contributed by atoms with Crippen LogP contribution < -0.4 is 5.32 Å². The van der Waals surface area contributed by atoms with E-state index in [4.69, 9.17) is 4.98 Å². The van der Waals surface area contributed by atoms with Crippen molar-refractivity contribution in [1.82, 2.24) is 10.3 Å². The summed E-state index contributed by atoms with van der Waals surface area (Å²) in [5.41, 5.74) is 1.81. The molecule has 0 fully saturated rings. The van der Waals surface area contributed by atoms with Gasteiger partial charge in [0.25, 0.3) is 5.91 Å². The van der Waals surface area contributed by atoms with Gasteiger partial charge < -0.3 is 10.4 Å². The van der Waals surface area contributed by atoms with Gasteiger partial charge in [0.1, 0.15) is 11.9 Å². The molecular formula is C26H30F4N2O3. The number of aromatic nitrogens is 1. The molecule has 1 atom stereocenters. The summed E-state index contributed by atoms with van der Waals surface area (Å²) < 4.78 is 52.1. The molecular weight excluding hydrogens is 464 g/mol. The van der Waals surface area contributed by atoms with E-state index in [1.807, 2.05) is 0 Å². The lowest BCUT2D eigenvalue weighted by atomic mass is 9.95. The maximum Gasteiger partial charge on any atom is 0.416 e. The number of rotatable bonds is 11. The molecule has 1 aliphatic carbocycles. The van der Waals surface area contributed by atoms with Crippen LogP contribution in [0.4, 0.5) is 17.6 Å². The molecule has 5 nitrogen and oxygen atoms in total. The standard InChI is InChI=1S/C26H30F4N2O3/c27-20-15-18(14-19(16-20)26(28,29)30)24(33)32-23(25(34)35)11-5-3-1-2-4-9-21-13-12-17-8-6-7-10-22(17)31-21/h12-16,23H,1-11H2,(H,32,33)(H,34,35)/t23-/m1/s1. The number of nitrogens with one attached hydrogen (secondary N) is 1. The first-order valence-electron chi connectivity index (χ1n) is 12.0. The first-order chi connectivity index (χ1) is 16.6. The van der Waals surface area contributed by atoms with Crippen molar-refractivity contribution in [3.8, 4) is 0 Å². The van der Waals surface area contributed by atoms with E-state index < -0.39 is 41.0 Å². The zero-order valence-electron chi connectivity index (χ0n) is 19.5. The number of hydrogen-bond donors (Lipinski definition) is 2. The topological polar surface area (TPSA) is 79.3 Å². The number of halogens is 4. The van der Waals surface area contributed by atoms with Crippen molar-refractivity contribution in [3.63, 3.8) is 0 Å². The molecule has 2 N–H and O–H groups in total. The number of carboxylic acids is 1. The van der Waals surface area contributed by atoms with E-state index in [1.54, 1.807) is 0 Å². The van der Waals surface area contributed by atoms with Gasteiger partial charge in [-0.3, -0.25) is 9.78 Å². The Hall–Kier alpha value is -2.97. The van der Waals surface area contributed by atoms with Gasteiger partial charge in [0, 0.05) is 17.0 Å². The summed E-state index contributed by atoms with van der Waals surface area (Å²) in [6.07, 6.45) is 4.92. The number of amides is 1. The molecule has 2 aromatic rings. The van der Waals surface area contributed by atoms with Gasteiger partial charge in [-0.25, -0.2) is 9.18 Å². The second kappa shape index (κ2) is 12.1. The third kappa shape index (κ3) is 8.04. The van der Waals surface area contributed by atoms with E-state index in [2.05, 4.69) is 17.4 Å². The van der Waals surface area contributed by atoms with Crippen molar-refractivity contribution in [2.45, 2.75) is 82.8 Å². The Morgan fingerprint density at radius 2 is 1.71 bits per heavy atom. The van der Waals surface area contributed by atoms with Crippen LogP contribution >= 0.6 is 0 Å². The van der Waals surface area contributed by atoms with Crippen LogP contribution in [-0.2, 0) is 30.2 Å². The Balaban J connectivity index is 1.40. The van der Waals surface area contributed by atoms with Gasteiger partial charge in [-0.1, -0.05) is 31.7 Å². The summed E-state index contributed by atoms with van der Waals surface area (Å²) in [4.78, 5) is 28.6. The van der Waals surface area contributed by atoms with Crippen molar-refractivity contribution in [1.29, 1.82) is 0 Å². The minimum absolute atomic E-state index is 0.134. The number of fused-ring (bicyclic) bond motifs is 1. The number of carbonyl (C=O) groups is 2. The summed E-state index contributed by atoms with van der Waals surface area (Å²) >= 11 is 0. The van der Waals surface area contributed by atoms with Crippen molar-refractivity contribution >= 4 is 11.9 Å². The van der Waals surface area contributed by atoms with Crippen molar-refractivity contribution in [2.75, 3.05) is 0 Å². The molecule has 9 heteroatoms. The fraction of sp³-hybridized carbons (Fsp3) is 0.500. The summed E-state index contributed by atoms with van der Waals surface area (Å²) in [5.74, 6) is -3.56. The average Bonchev–Trinajstić information content (AvgIpc) is 2.81. The molecule has 1 amide bonds.